The summed E-state index contributed by atoms with van der Waals surface area (Å²) in [6, 6.07) is 0. The van der Waals surface area contributed by atoms with Crippen LogP contribution in [0.25, 0.3) is 0 Å². The average molecular weight is 210 g/mol. The Kier molecular flexibility index (Phi) is 7.58. The van der Waals surface area contributed by atoms with Crippen molar-refractivity contribution in [2.24, 2.45) is 0 Å². The van der Waals surface area contributed by atoms with E-state index in [1.54, 1.807) is 20.0 Å². The van der Waals surface area contributed by atoms with E-state index < -0.39 is 14.3 Å². The molecule has 14 heavy (non-hydrogen) atoms. The van der Waals surface area contributed by atoms with Crippen molar-refractivity contribution in [3.63, 3.8) is 0 Å². The van der Waals surface area contributed by atoms with Crippen LogP contribution in [0.4, 0.5) is 0 Å². The Hall–Kier alpha value is -0.0157. The normalized spacial score (nSPS) is 12.6. The SMILES string of the molecule is C=C(C)C(=O)OC(CC)[Si](C)(C)O.[H-].[Li+]. The predicted octanol–water partition coefficient (Wildman–Crippen LogP) is -1.26. The van der Waals surface area contributed by atoms with Crippen molar-refractivity contribution in [3.05, 3.63) is 12.2 Å². The summed E-state index contributed by atoms with van der Waals surface area (Å²) in [4.78, 5) is 20.9. The molecule has 1 atom stereocenters. The molecule has 0 bridgehead atoms. The zero-order valence-electron chi connectivity index (χ0n) is 10.8. The van der Waals surface area contributed by atoms with E-state index in [9.17, 15) is 9.59 Å². The minimum Gasteiger partial charge on any atom is -1.00 e. The maximum atomic E-state index is 11.1. The van der Waals surface area contributed by atoms with Gasteiger partial charge in [-0.2, -0.15) is 0 Å². The molecule has 0 fully saturated rings. The Bertz CT molecular complexity index is 216. The van der Waals surface area contributed by atoms with Gasteiger partial charge in [0.1, 0.15) is 5.73 Å². The third kappa shape index (κ3) is 5.66. The Balaban J connectivity index is -0.000000720. The van der Waals surface area contributed by atoms with Crippen molar-refractivity contribution in [3.8, 4) is 0 Å². The molecular formula is C9H19LiO3Si. The van der Waals surface area contributed by atoms with Crippen molar-refractivity contribution in [1.82, 2.24) is 0 Å². The summed E-state index contributed by atoms with van der Waals surface area (Å²) in [5.41, 5.74) is 0.0356. The molecule has 5 heteroatoms. The molecule has 0 aliphatic carbocycles. The van der Waals surface area contributed by atoms with Gasteiger partial charge in [0.2, 0.25) is 8.32 Å². The number of carbonyl (C=O) groups is 1. The Morgan fingerprint density at radius 2 is 2.07 bits per heavy atom. The average Bonchev–Trinajstić information content (AvgIpc) is 1.96. The van der Waals surface area contributed by atoms with Crippen LogP contribution in [0.5, 0.6) is 0 Å². The topological polar surface area (TPSA) is 46.5 Å². The van der Waals surface area contributed by atoms with Crippen molar-refractivity contribution in [1.29, 1.82) is 0 Å². The third-order valence-electron chi connectivity index (χ3n) is 1.76. The summed E-state index contributed by atoms with van der Waals surface area (Å²) in [7, 11) is -2.38. The fourth-order valence-electron chi connectivity index (χ4n) is 0.957. The van der Waals surface area contributed by atoms with Crippen molar-refractivity contribution in [2.45, 2.75) is 39.1 Å². The largest absolute Gasteiger partial charge is 1.00 e. The molecular weight excluding hydrogens is 191 g/mol. The molecule has 1 unspecified atom stereocenters. The van der Waals surface area contributed by atoms with Crippen LogP contribution in [-0.2, 0) is 9.53 Å². The Morgan fingerprint density at radius 1 is 1.64 bits per heavy atom. The van der Waals surface area contributed by atoms with Gasteiger partial charge in [-0.15, -0.1) is 0 Å². The minimum atomic E-state index is -2.38. The fourth-order valence-corrected chi connectivity index (χ4v) is 2.35. The summed E-state index contributed by atoms with van der Waals surface area (Å²) >= 11 is 0. The molecule has 0 saturated carbocycles. The van der Waals surface area contributed by atoms with Gasteiger partial charge in [-0.25, -0.2) is 4.79 Å². The number of esters is 1. The second-order valence-corrected chi connectivity index (χ2v) is 7.69. The van der Waals surface area contributed by atoms with E-state index in [-0.39, 0.29) is 26.0 Å². The van der Waals surface area contributed by atoms with Gasteiger partial charge in [0.25, 0.3) is 0 Å². The first-order chi connectivity index (χ1) is 5.79. The van der Waals surface area contributed by atoms with Gasteiger partial charge >= 0.3 is 24.8 Å². The maximum absolute atomic E-state index is 11.1. The minimum absolute atomic E-state index is 0. The van der Waals surface area contributed by atoms with Crippen LogP contribution in [0.2, 0.25) is 13.1 Å². The molecule has 0 aliphatic rings. The van der Waals surface area contributed by atoms with E-state index in [2.05, 4.69) is 6.58 Å². The fraction of sp³-hybridized carbons (Fsp3) is 0.667. The van der Waals surface area contributed by atoms with Crippen LogP contribution in [0, 0.1) is 0 Å². The second-order valence-electron chi connectivity index (χ2n) is 3.74. The van der Waals surface area contributed by atoms with Crippen molar-refractivity contribution in [2.75, 3.05) is 0 Å². The molecule has 0 aliphatic heterocycles. The smallest absolute Gasteiger partial charge is 1.00 e. The molecule has 1 N–H and O–H groups in total. The van der Waals surface area contributed by atoms with Gasteiger partial charge in [-0.3, -0.25) is 0 Å². The van der Waals surface area contributed by atoms with E-state index in [0.29, 0.717) is 12.0 Å². The number of ether oxygens (including phenoxy) is 1. The molecule has 3 nitrogen and oxygen atoms in total. The molecule has 0 aromatic heterocycles. The van der Waals surface area contributed by atoms with Crippen molar-refractivity contribution < 1.29 is 34.6 Å². The van der Waals surface area contributed by atoms with Gasteiger partial charge in [-0.05, 0) is 26.4 Å². The van der Waals surface area contributed by atoms with Crippen LogP contribution < -0.4 is 18.9 Å². The van der Waals surface area contributed by atoms with Gasteiger partial charge in [-0.1, -0.05) is 13.5 Å². The van der Waals surface area contributed by atoms with E-state index in [1.807, 2.05) is 6.92 Å². The van der Waals surface area contributed by atoms with E-state index in [4.69, 9.17) is 4.74 Å². The molecule has 0 heterocycles. The summed E-state index contributed by atoms with van der Waals surface area (Å²) in [6.07, 6.45) is 0.648. The molecule has 0 rings (SSSR count). The van der Waals surface area contributed by atoms with Gasteiger partial charge in [0, 0.05) is 5.57 Å². The van der Waals surface area contributed by atoms with E-state index in [1.165, 1.54) is 0 Å². The number of hydrogen-bond acceptors (Lipinski definition) is 3. The summed E-state index contributed by atoms with van der Waals surface area (Å²) in [5.74, 6) is -0.415. The first kappa shape index (κ1) is 16.4. The predicted molar refractivity (Wildman–Crippen MR) is 55.8 cm³/mol. The summed E-state index contributed by atoms with van der Waals surface area (Å²) in [5, 5.41) is 0. The third-order valence-corrected chi connectivity index (χ3v) is 3.86. The monoisotopic (exact) mass is 210 g/mol. The van der Waals surface area contributed by atoms with Crippen molar-refractivity contribution >= 4 is 14.3 Å². The Labute approximate surface area is 100 Å². The standard InChI is InChI=1S/C9H18O3Si.Li.H/c1-6-8(13(4,5)11)12-9(10)7(2)3;;/h8,11H,2,6H2,1,3-5H3;;/q;+1;-1. The van der Waals surface area contributed by atoms with E-state index >= 15 is 0 Å². The Morgan fingerprint density at radius 3 is 2.29 bits per heavy atom. The quantitative estimate of drug-likeness (QED) is 0.358. The summed E-state index contributed by atoms with van der Waals surface area (Å²) < 4.78 is 5.10. The number of carbonyl (C=O) groups excluding carboxylic acids is 1. The van der Waals surface area contributed by atoms with Crippen LogP contribution >= 0.6 is 0 Å². The molecule has 0 aromatic carbocycles. The zero-order chi connectivity index (χ0) is 10.6. The van der Waals surface area contributed by atoms with Gasteiger partial charge in [0.15, 0.2) is 0 Å². The van der Waals surface area contributed by atoms with Crippen LogP contribution in [-0.4, -0.2) is 24.8 Å². The van der Waals surface area contributed by atoms with Crippen LogP contribution in [0.1, 0.15) is 21.7 Å². The molecule has 0 saturated heterocycles. The number of hydrogen-bond donors (Lipinski definition) is 1. The second kappa shape index (κ2) is 6.46. The zero-order valence-corrected chi connectivity index (χ0v) is 10.8. The van der Waals surface area contributed by atoms with E-state index in [0.717, 1.165) is 0 Å². The van der Waals surface area contributed by atoms with Gasteiger partial charge < -0.3 is 11.0 Å². The molecule has 0 spiro atoms. The van der Waals surface area contributed by atoms with Crippen LogP contribution in [0.3, 0.4) is 0 Å². The maximum Gasteiger partial charge on any atom is 1.00 e. The number of rotatable bonds is 4. The molecule has 0 amide bonds. The first-order valence-electron chi connectivity index (χ1n) is 4.38. The first-order valence-corrected chi connectivity index (χ1v) is 7.40. The molecule has 78 valence electrons. The summed E-state index contributed by atoms with van der Waals surface area (Å²) in [6.45, 7) is 10.5. The molecule has 0 aromatic rings. The van der Waals surface area contributed by atoms with Gasteiger partial charge in [0.05, 0.1) is 0 Å². The van der Waals surface area contributed by atoms with Crippen LogP contribution in [0.15, 0.2) is 12.2 Å². The molecule has 0 radical (unpaired) electrons.